The summed E-state index contributed by atoms with van der Waals surface area (Å²) in [6.07, 6.45) is 10.0. The maximum atomic E-state index is 12.3. The quantitative estimate of drug-likeness (QED) is 0.736. The van der Waals surface area contributed by atoms with E-state index in [4.69, 9.17) is 0 Å². The second-order valence-corrected chi connectivity index (χ2v) is 6.88. The van der Waals surface area contributed by atoms with Crippen molar-refractivity contribution >= 4 is 5.91 Å². The van der Waals surface area contributed by atoms with Gasteiger partial charge in [0.15, 0.2) is 0 Å². The lowest BCUT2D eigenvalue weighted by atomic mass is 9.83. The van der Waals surface area contributed by atoms with Crippen LogP contribution in [0.2, 0.25) is 0 Å². The van der Waals surface area contributed by atoms with E-state index in [-0.39, 0.29) is 5.92 Å². The minimum Gasteiger partial charge on any atom is -0.353 e. The third-order valence-corrected chi connectivity index (χ3v) is 5.57. The summed E-state index contributed by atoms with van der Waals surface area (Å²) >= 11 is 0. The summed E-state index contributed by atoms with van der Waals surface area (Å²) in [7, 11) is 0. The Morgan fingerprint density at radius 2 is 2.05 bits per heavy atom. The van der Waals surface area contributed by atoms with E-state index in [9.17, 15) is 4.79 Å². The van der Waals surface area contributed by atoms with Crippen molar-refractivity contribution in [2.75, 3.05) is 0 Å². The van der Waals surface area contributed by atoms with Crippen molar-refractivity contribution in [3.8, 4) is 0 Å². The first-order valence-corrected chi connectivity index (χ1v) is 8.46. The number of fused-ring (bicyclic) bond motifs is 2. The number of carbonyl (C=O) groups is 1. The molecule has 0 aromatic carbocycles. The second kappa shape index (κ2) is 6.76. The van der Waals surface area contributed by atoms with E-state index in [1.54, 1.807) is 0 Å². The van der Waals surface area contributed by atoms with Gasteiger partial charge in [0.2, 0.25) is 5.91 Å². The van der Waals surface area contributed by atoms with Gasteiger partial charge in [-0.3, -0.25) is 4.79 Å². The minimum atomic E-state index is 0.237. The summed E-state index contributed by atoms with van der Waals surface area (Å²) in [4.78, 5) is 12.3. The van der Waals surface area contributed by atoms with E-state index in [1.165, 1.54) is 38.5 Å². The van der Waals surface area contributed by atoms with Gasteiger partial charge in [0, 0.05) is 12.0 Å². The van der Waals surface area contributed by atoms with Gasteiger partial charge < -0.3 is 5.32 Å². The Hall–Kier alpha value is -0.530. The topological polar surface area (TPSA) is 29.1 Å². The molecule has 0 aromatic rings. The Bertz CT molecular complexity index is 302. The molecular weight excluding hydrogens is 234 g/mol. The monoisotopic (exact) mass is 265 g/mol. The summed E-state index contributed by atoms with van der Waals surface area (Å²) in [5.41, 5.74) is 0. The summed E-state index contributed by atoms with van der Waals surface area (Å²) in [6, 6.07) is 0.387. The predicted octanol–water partition coefficient (Wildman–Crippen LogP) is 4.14. The third kappa shape index (κ3) is 3.52. The molecule has 2 fully saturated rings. The molecule has 5 atom stereocenters. The maximum absolute atomic E-state index is 12.3. The van der Waals surface area contributed by atoms with Crippen LogP contribution in [0.25, 0.3) is 0 Å². The Labute approximate surface area is 118 Å². The van der Waals surface area contributed by atoms with Crippen LogP contribution in [-0.4, -0.2) is 11.9 Å². The molecule has 2 aliphatic carbocycles. The SMILES string of the molecule is CCCC[C@@H](CC)C(=O)N[C@H](C)[C@@H]1C[C@@H]2CC[C@@H]1C2. The Kier molecular flexibility index (Phi) is 5.29. The Balaban J connectivity index is 1.80. The molecule has 0 saturated heterocycles. The van der Waals surface area contributed by atoms with Crippen LogP contribution in [0.5, 0.6) is 0 Å². The highest BCUT2D eigenvalue weighted by Gasteiger charge is 2.42. The molecule has 2 rings (SSSR count). The first-order chi connectivity index (χ1) is 9.15. The van der Waals surface area contributed by atoms with E-state index in [2.05, 4.69) is 26.1 Å². The number of unbranched alkanes of at least 4 members (excludes halogenated alkanes) is 1. The van der Waals surface area contributed by atoms with Crippen LogP contribution in [0, 0.1) is 23.7 Å². The van der Waals surface area contributed by atoms with Crippen LogP contribution in [0.15, 0.2) is 0 Å². The third-order valence-electron chi connectivity index (χ3n) is 5.57. The smallest absolute Gasteiger partial charge is 0.223 e. The van der Waals surface area contributed by atoms with Gasteiger partial charge >= 0.3 is 0 Å². The fourth-order valence-corrected chi connectivity index (χ4v) is 4.33. The normalized spacial score (nSPS) is 32.3. The van der Waals surface area contributed by atoms with Crippen LogP contribution in [0.4, 0.5) is 0 Å². The number of nitrogens with one attached hydrogen (secondary N) is 1. The van der Waals surface area contributed by atoms with E-state index in [0.29, 0.717) is 11.9 Å². The fourth-order valence-electron chi connectivity index (χ4n) is 4.33. The van der Waals surface area contributed by atoms with Crippen molar-refractivity contribution in [3.63, 3.8) is 0 Å². The highest BCUT2D eigenvalue weighted by molar-refractivity contribution is 5.78. The number of rotatable bonds is 7. The van der Waals surface area contributed by atoms with E-state index >= 15 is 0 Å². The summed E-state index contributed by atoms with van der Waals surface area (Å²) in [6.45, 7) is 6.57. The van der Waals surface area contributed by atoms with Crippen molar-refractivity contribution in [3.05, 3.63) is 0 Å². The van der Waals surface area contributed by atoms with Gasteiger partial charge in [-0.15, -0.1) is 0 Å². The van der Waals surface area contributed by atoms with Crippen molar-refractivity contribution < 1.29 is 4.79 Å². The average molecular weight is 265 g/mol. The summed E-state index contributed by atoms with van der Waals surface area (Å²) < 4.78 is 0. The van der Waals surface area contributed by atoms with Crippen LogP contribution < -0.4 is 5.32 Å². The van der Waals surface area contributed by atoms with E-state index in [0.717, 1.165) is 30.6 Å². The lowest BCUT2D eigenvalue weighted by Crippen LogP contribution is -2.42. The summed E-state index contributed by atoms with van der Waals surface area (Å²) in [5.74, 6) is 3.17. The molecule has 2 saturated carbocycles. The van der Waals surface area contributed by atoms with Crippen molar-refractivity contribution in [1.82, 2.24) is 5.32 Å². The standard InChI is InChI=1S/C17H31NO/c1-4-6-7-14(5-2)17(19)18-12(3)16-11-13-8-9-15(16)10-13/h12-16H,4-11H2,1-3H3,(H,18,19)/t12-,13-,14-,15-,16+/m1/s1. The summed E-state index contributed by atoms with van der Waals surface area (Å²) in [5, 5.41) is 3.33. The molecule has 2 nitrogen and oxygen atoms in total. The molecule has 2 heteroatoms. The molecule has 1 amide bonds. The molecule has 0 unspecified atom stereocenters. The molecule has 0 aromatic heterocycles. The van der Waals surface area contributed by atoms with Crippen molar-refractivity contribution in [1.29, 1.82) is 0 Å². The molecule has 19 heavy (non-hydrogen) atoms. The van der Waals surface area contributed by atoms with Gasteiger partial charge in [-0.05, 0) is 56.8 Å². The van der Waals surface area contributed by atoms with Gasteiger partial charge in [-0.25, -0.2) is 0 Å². The predicted molar refractivity (Wildman–Crippen MR) is 79.8 cm³/mol. The first-order valence-electron chi connectivity index (χ1n) is 8.46. The van der Waals surface area contributed by atoms with Gasteiger partial charge in [0.25, 0.3) is 0 Å². The molecule has 1 N–H and O–H groups in total. The molecule has 0 aliphatic heterocycles. The molecule has 110 valence electrons. The lowest BCUT2D eigenvalue weighted by molar-refractivity contribution is -0.126. The highest BCUT2D eigenvalue weighted by Crippen LogP contribution is 2.49. The number of carbonyl (C=O) groups excluding carboxylic acids is 1. The molecule has 0 heterocycles. The molecular formula is C17H31NO. The zero-order chi connectivity index (χ0) is 13.8. The second-order valence-electron chi connectivity index (χ2n) is 6.88. The largest absolute Gasteiger partial charge is 0.353 e. The van der Waals surface area contributed by atoms with Crippen LogP contribution in [0.1, 0.15) is 72.1 Å². The number of hydrogen-bond acceptors (Lipinski definition) is 1. The van der Waals surface area contributed by atoms with Crippen LogP contribution in [-0.2, 0) is 4.79 Å². The minimum absolute atomic E-state index is 0.237. The average Bonchev–Trinajstić information content (AvgIpc) is 3.01. The van der Waals surface area contributed by atoms with Gasteiger partial charge in [0.1, 0.15) is 0 Å². The molecule has 2 bridgehead atoms. The molecule has 2 aliphatic rings. The fraction of sp³-hybridized carbons (Fsp3) is 0.941. The van der Waals surface area contributed by atoms with Crippen LogP contribution >= 0.6 is 0 Å². The number of amides is 1. The molecule has 0 radical (unpaired) electrons. The zero-order valence-corrected chi connectivity index (χ0v) is 13.0. The van der Waals surface area contributed by atoms with Crippen LogP contribution in [0.3, 0.4) is 0 Å². The lowest BCUT2D eigenvalue weighted by Gasteiger charge is -2.29. The zero-order valence-electron chi connectivity index (χ0n) is 13.0. The maximum Gasteiger partial charge on any atom is 0.223 e. The first kappa shape index (κ1) is 14.9. The van der Waals surface area contributed by atoms with Gasteiger partial charge in [-0.2, -0.15) is 0 Å². The Morgan fingerprint density at radius 3 is 2.58 bits per heavy atom. The Morgan fingerprint density at radius 1 is 1.26 bits per heavy atom. The van der Waals surface area contributed by atoms with Crippen molar-refractivity contribution in [2.24, 2.45) is 23.7 Å². The highest BCUT2D eigenvalue weighted by atomic mass is 16.1. The van der Waals surface area contributed by atoms with Gasteiger partial charge in [-0.1, -0.05) is 33.1 Å². The molecule has 0 spiro atoms. The van der Waals surface area contributed by atoms with E-state index < -0.39 is 0 Å². The van der Waals surface area contributed by atoms with Gasteiger partial charge in [0.05, 0.1) is 0 Å². The van der Waals surface area contributed by atoms with E-state index in [1.807, 2.05) is 0 Å². The number of hydrogen-bond donors (Lipinski definition) is 1. The van der Waals surface area contributed by atoms with Crippen molar-refractivity contribution in [2.45, 2.75) is 78.2 Å².